The minimum Gasteiger partial charge on any atom is -0.465 e. The third-order valence-corrected chi connectivity index (χ3v) is 4.61. The summed E-state index contributed by atoms with van der Waals surface area (Å²) in [5.74, 6) is -0.390. The number of aromatic nitrogens is 3. The zero-order valence-electron chi connectivity index (χ0n) is 17.1. The highest BCUT2D eigenvalue weighted by Gasteiger charge is 2.24. The maximum Gasteiger partial charge on any atom is 0.339 e. The van der Waals surface area contributed by atoms with Crippen LogP contribution in [0.1, 0.15) is 63.8 Å². The molecule has 2 rings (SSSR count). The molecule has 2 N–H and O–H groups in total. The van der Waals surface area contributed by atoms with E-state index >= 15 is 0 Å². The Kier molecular flexibility index (Phi) is 6.82. The van der Waals surface area contributed by atoms with Gasteiger partial charge in [-0.1, -0.05) is 20.3 Å². The number of carbonyl (C=O) groups is 2. The molecule has 0 aliphatic rings. The molecule has 2 aromatic rings. The second-order valence-electron chi connectivity index (χ2n) is 7.14. The predicted molar refractivity (Wildman–Crippen MR) is 104 cm³/mol. The maximum absolute atomic E-state index is 12.7. The molecular formula is C20H30N4O3. The Morgan fingerprint density at radius 2 is 2.04 bits per heavy atom. The van der Waals surface area contributed by atoms with Crippen molar-refractivity contribution >= 4 is 11.9 Å². The van der Waals surface area contributed by atoms with Crippen LogP contribution in [0.2, 0.25) is 0 Å². The first-order valence-electron chi connectivity index (χ1n) is 9.37. The van der Waals surface area contributed by atoms with Crippen LogP contribution in [0.15, 0.2) is 6.07 Å². The topological polar surface area (TPSA) is 89.0 Å². The standard InChI is InChI=1S/C20H30N4O3/c1-7-8-16-17(20(26)27-6)15(5)22-18(16)19(25)21-10-12(2)11-24-14(4)9-13(3)23-24/h9,12,22H,7-8,10-11H2,1-6H3,(H,21,25). The lowest BCUT2D eigenvalue weighted by atomic mass is 10.0. The summed E-state index contributed by atoms with van der Waals surface area (Å²) in [4.78, 5) is 27.9. The van der Waals surface area contributed by atoms with Gasteiger partial charge in [-0.3, -0.25) is 9.48 Å². The van der Waals surface area contributed by atoms with Gasteiger partial charge in [-0.2, -0.15) is 5.10 Å². The van der Waals surface area contributed by atoms with E-state index in [-0.39, 0.29) is 11.8 Å². The summed E-state index contributed by atoms with van der Waals surface area (Å²) in [5.41, 5.74) is 4.41. The van der Waals surface area contributed by atoms with Gasteiger partial charge >= 0.3 is 5.97 Å². The largest absolute Gasteiger partial charge is 0.465 e. The molecule has 0 radical (unpaired) electrons. The average molecular weight is 374 g/mol. The number of esters is 1. The van der Waals surface area contributed by atoms with E-state index in [1.54, 1.807) is 6.92 Å². The molecule has 2 heterocycles. The zero-order valence-corrected chi connectivity index (χ0v) is 17.1. The number of aryl methyl sites for hydroxylation is 3. The first kappa shape index (κ1) is 20.7. The SMILES string of the molecule is CCCc1c(C(=O)NCC(C)Cn2nc(C)cc2C)[nH]c(C)c1C(=O)OC. The van der Waals surface area contributed by atoms with Crippen LogP contribution in [0, 0.1) is 26.7 Å². The fourth-order valence-corrected chi connectivity index (χ4v) is 3.32. The Morgan fingerprint density at radius 1 is 1.33 bits per heavy atom. The van der Waals surface area contributed by atoms with Gasteiger partial charge in [0.05, 0.1) is 18.4 Å². The van der Waals surface area contributed by atoms with Gasteiger partial charge in [-0.15, -0.1) is 0 Å². The van der Waals surface area contributed by atoms with Crippen molar-refractivity contribution in [2.24, 2.45) is 5.92 Å². The minimum atomic E-state index is -0.413. The van der Waals surface area contributed by atoms with Crippen LogP contribution in [-0.4, -0.2) is 40.3 Å². The van der Waals surface area contributed by atoms with E-state index < -0.39 is 5.97 Å². The van der Waals surface area contributed by atoms with Crippen LogP contribution in [0.4, 0.5) is 0 Å². The molecule has 7 heteroatoms. The quantitative estimate of drug-likeness (QED) is 0.695. The summed E-state index contributed by atoms with van der Waals surface area (Å²) in [6.45, 7) is 11.1. The van der Waals surface area contributed by atoms with Gasteiger partial charge in [-0.25, -0.2) is 4.79 Å². The number of hydrogen-bond donors (Lipinski definition) is 2. The number of methoxy groups -OCH3 is 1. The summed E-state index contributed by atoms with van der Waals surface area (Å²) >= 11 is 0. The predicted octanol–water partition coefficient (Wildman–Crippen LogP) is 2.94. The Morgan fingerprint density at radius 3 is 2.59 bits per heavy atom. The molecule has 0 aliphatic heterocycles. The maximum atomic E-state index is 12.7. The lowest BCUT2D eigenvalue weighted by Gasteiger charge is -2.14. The molecule has 0 bridgehead atoms. The molecule has 0 fully saturated rings. The molecular weight excluding hydrogens is 344 g/mol. The second-order valence-corrected chi connectivity index (χ2v) is 7.14. The molecule has 27 heavy (non-hydrogen) atoms. The molecule has 0 saturated heterocycles. The number of aromatic amines is 1. The van der Waals surface area contributed by atoms with E-state index in [4.69, 9.17) is 4.74 Å². The van der Waals surface area contributed by atoms with Gasteiger partial charge in [0, 0.05) is 24.5 Å². The lowest BCUT2D eigenvalue weighted by Crippen LogP contribution is -2.31. The summed E-state index contributed by atoms with van der Waals surface area (Å²) in [5, 5.41) is 7.44. The van der Waals surface area contributed by atoms with Crippen molar-refractivity contribution in [2.75, 3.05) is 13.7 Å². The third kappa shape index (κ3) is 4.78. The van der Waals surface area contributed by atoms with Gasteiger partial charge < -0.3 is 15.0 Å². The van der Waals surface area contributed by atoms with Crippen LogP contribution in [0.25, 0.3) is 0 Å². The summed E-state index contributed by atoms with van der Waals surface area (Å²) in [6.07, 6.45) is 1.47. The second kappa shape index (κ2) is 8.88. The number of ether oxygens (including phenoxy) is 1. The van der Waals surface area contributed by atoms with E-state index in [2.05, 4.69) is 22.3 Å². The van der Waals surface area contributed by atoms with Crippen LogP contribution in [0.5, 0.6) is 0 Å². The van der Waals surface area contributed by atoms with E-state index in [1.165, 1.54) is 7.11 Å². The number of nitrogens with zero attached hydrogens (tertiary/aromatic N) is 2. The minimum absolute atomic E-state index is 0.197. The molecule has 148 valence electrons. The molecule has 0 saturated carbocycles. The van der Waals surface area contributed by atoms with Crippen LogP contribution in [-0.2, 0) is 17.7 Å². The van der Waals surface area contributed by atoms with Gasteiger partial charge in [0.1, 0.15) is 5.69 Å². The van der Waals surface area contributed by atoms with Crippen molar-refractivity contribution in [3.05, 3.63) is 40.0 Å². The van der Waals surface area contributed by atoms with Crippen LogP contribution in [0.3, 0.4) is 0 Å². The van der Waals surface area contributed by atoms with E-state index in [9.17, 15) is 9.59 Å². The third-order valence-electron chi connectivity index (χ3n) is 4.61. The first-order chi connectivity index (χ1) is 12.8. The van der Waals surface area contributed by atoms with Gasteiger partial charge in [0.15, 0.2) is 0 Å². The molecule has 2 aromatic heterocycles. The van der Waals surface area contributed by atoms with E-state index in [0.717, 1.165) is 29.9 Å². The highest BCUT2D eigenvalue weighted by Crippen LogP contribution is 2.22. The molecule has 1 unspecified atom stereocenters. The van der Waals surface area contributed by atoms with E-state index in [1.807, 2.05) is 31.5 Å². The Labute approximate surface area is 160 Å². The molecule has 1 amide bonds. The van der Waals surface area contributed by atoms with Crippen molar-refractivity contribution in [3.8, 4) is 0 Å². The number of rotatable bonds is 8. The Balaban J connectivity index is 2.09. The Bertz CT molecular complexity index is 820. The van der Waals surface area contributed by atoms with Crippen LogP contribution < -0.4 is 5.32 Å². The summed E-state index contributed by atoms with van der Waals surface area (Å²) < 4.78 is 6.84. The summed E-state index contributed by atoms with van der Waals surface area (Å²) in [6, 6.07) is 2.04. The van der Waals surface area contributed by atoms with Crippen molar-refractivity contribution in [2.45, 2.75) is 54.0 Å². The van der Waals surface area contributed by atoms with Crippen molar-refractivity contribution in [1.82, 2.24) is 20.1 Å². The fraction of sp³-hybridized carbons (Fsp3) is 0.550. The lowest BCUT2D eigenvalue weighted by molar-refractivity contribution is 0.0599. The smallest absolute Gasteiger partial charge is 0.339 e. The van der Waals surface area contributed by atoms with Crippen molar-refractivity contribution in [1.29, 1.82) is 0 Å². The number of nitrogens with one attached hydrogen (secondary N) is 2. The number of hydrogen-bond acceptors (Lipinski definition) is 4. The molecule has 7 nitrogen and oxygen atoms in total. The van der Waals surface area contributed by atoms with Crippen molar-refractivity contribution < 1.29 is 14.3 Å². The molecule has 1 atom stereocenters. The van der Waals surface area contributed by atoms with Crippen LogP contribution >= 0.6 is 0 Å². The fourth-order valence-electron chi connectivity index (χ4n) is 3.32. The Hall–Kier alpha value is -2.57. The normalized spacial score (nSPS) is 12.1. The van der Waals surface area contributed by atoms with Gasteiger partial charge in [-0.05, 0) is 44.7 Å². The highest BCUT2D eigenvalue weighted by molar-refractivity contribution is 6.00. The van der Waals surface area contributed by atoms with Crippen molar-refractivity contribution in [3.63, 3.8) is 0 Å². The first-order valence-corrected chi connectivity index (χ1v) is 9.37. The number of carbonyl (C=O) groups excluding carboxylic acids is 2. The van der Waals surface area contributed by atoms with Gasteiger partial charge in [0.2, 0.25) is 0 Å². The number of amides is 1. The van der Waals surface area contributed by atoms with Gasteiger partial charge in [0.25, 0.3) is 5.91 Å². The molecule has 0 spiro atoms. The monoisotopic (exact) mass is 374 g/mol. The average Bonchev–Trinajstić information content (AvgIpc) is 3.11. The zero-order chi connectivity index (χ0) is 20.1. The summed E-state index contributed by atoms with van der Waals surface area (Å²) in [7, 11) is 1.35. The highest BCUT2D eigenvalue weighted by atomic mass is 16.5. The molecule has 0 aromatic carbocycles. The molecule has 0 aliphatic carbocycles. The number of H-pyrrole nitrogens is 1. The van der Waals surface area contributed by atoms with E-state index in [0.29, 0.717) is 29.9 Å².